The van der Waals surface area contributed by atoms with Crippen molar-refractivity contribution in [2.24, 2.45) is 5.92 Å². The Bertz CT molecular complexity index is 931. The minimum Gasteiger partial charge on any atom is -0.336 e. The van der Waals surface area contributed by atoms with Crippen LogP contribution in [0.1, 0.15) is 51.9 Å². The van der Waals surface area contributed by atoms with Crippen LogP contribution >= 0.6 is 0 Å². The molecule has 0 N–H and O–H groups in total. The molecule has 25 heavy (non-hydrogen) atoms. The smallest absolute Gasteiger partial charge is 0.291 e. The highest BCUT2D eigenvalue weighted by Gasteiger charge is 2.20. The molecular weight excluding hydrogens is 310 g/mol. The molecule has 1 fully saturated rings. The van der Waals surface area contributed by atoms with E-state index >= 15 is 0 Å². The molecule has 132 valence electrons. The Kier molecular flexibility index (Phi) is 4.60. The van der Waals surface area contributed by atoms with Gasteiger partial charge in [0.05, 0.1) is 6.20 Å². The standard InChI is InChI=1S/C21H27N3O/c1-2-3-13-24-21(25)20-18(14-22-24)17-11-7-8-12-19(17)23(20)15-16-9-5-4-6-10-16/h7-8,11-12,14,16H,2-6,9-10,13,15H2,1H3. The van der Waals surface area contributed by atoms with E-state index < -0.39 is 0 Å². The summed E-state index contributed by atoms with van der Waals surface area (Å²) in [6, 6.07) is 8.39. The maximum atomic E-state index is 13.1. The van der Waals surface area contributed by atoms with Gasteiger partial charge >= 0.3 is 0 Å². The summed E-state index contributed by atoms with van der Waals surface area (Å²) >= 11 is 0. The van der Waals surface area contributed by atoms with Gasteiger partial charge in [-0.3, -0.25) is 4.79 Å². The summed E-state index contributed by atoms with van der Waals surface area (Å²) < 4.78 is 3.94. The third kappa shape index (κ3) is 2.99. The molecule has 0 amide bonds. The van der Waals surface area contributed by atoms with Crippen molar-refractivity contribution >= 4 is 21.8 Å². The lowest BCUT2D eigenvalue weighted by Crippen LogP contribution is -2.25. The van der Waals surface area contributed by atoms with Crippen LogP contribution in [0, 0.1) is 5.92 Å². The number of unbranched alkanes of at least 4 members (excludes halogenated alkanes) is 1. The van der Waals surface area contributed by atoms with Crippen molar-refractivity contribution in [2.45, 2.75) is 65.0 Å². The van der Waals surface area contributed by atoms with Crippen LogP contribution < -0.4 is 5.56 Å². The molecule has 4 nitrogen and oxygen atoms in total. The molecule has 0 spiro atoms. The van der Waals surface area contributed by atoms with Crippen LogP contribution in [0.25, 0.3) is 21.8 Å². The van der Waals surface area contributed by atoms with Crippen LogP contribution in [0.2, 0.25) is 0 Å². The van der Waals surface area contributed by atoms with Crippen molar-refractivity contribution in [3.8, 4) is 0 Å². The number of hydrogen-bond donors (Lipinski definition) is 0. The molecule has 0 saturated heterocycles. The third-order valence-corrected chi connectivity index (χ3v) is 5.66. The molecule has 1 aliphatic rings. The summed E-state index contributed by atoms with van der Waals surface area (Å²) in [5.74, 6) is 0.685. The van der Waals surface area contributed by atoms with Gasteiger partial charge in [0.1, 0.15) is 5.52 Å². The molecule has 2 aromatic heterocycles. The number of fused-ring (bicyclic) bond motifs is 3. The highest BCUT2D eigenvalue weighted by atomic mass is 16.1. The molecule has 3 aromatic rings. The SMILES string of the molecule is CCCCn1ncc2c3ccccc3n(CC3CCCCC3)c2c1=O. The van der Waals surface area contributed by atoms with E-state index in [0.29, 0.717) is 12.5 Å². The number of aryl methyl sites for hydroxylation is 1. The summed E-state index contributed by atoms with van der Waals surface area (Å²) in [5, 5.41) is 6.60. The van der Waals surface area contributed by atoms with Gasteiger partial charge < -0.3 is 4.57 Å². The molecule has 4 heteroatoms. The molecule has 2 heterocycles. The Hall–Kier alpha value is -2.10. The monoisotopic (exact) mass is 337 g/mol. The van der Waals surface area contributed by atoms with Crippen LogP contribution in [0.15, 0.2) is 35.3 Å². The minimum atomic E-state index is 0.0676. The molecular formula is C21H27N3O. The summed E-state index contributed by atoms with van der Waals surface area (Å²) in [4.78, 5) is 13.1. The van der Waals surface area contributed by atoms with Gasteiger partial charge in [0.2, 0.25) is 0 Å². The number of benzene rings is 1. The Labute approximate surface area is 148 Å². The predicted molar refractivity (Wildman–Crippen MR) is 103 cm³/mol. The Balaban J connectivity index is 1.88. The quantitative estimate of drug-likeness (QED) is 0.675. The molecule has 4 rings (SSSR count). The number of nitrogens with zero attached hydrogens (tertiary/aromatic N) is 3. The molecule has 0 aliphatic heterocycles. The fourth-order valence-corrected chi connectivity index (χ4v) is 4.28. The van der Waals surface area contributed by atoms with E-state index in [-0.39, 0.29) is 5.56 Å². The number of aromatic nitrogens is 3. The fraction of sp³-hybridized carbons (Fsp3) is 0.524. The van der Waals surface area contributed by atoms with E-state index in [0.717, 1.165) is 35.7 Å². The van der Waals surface area contributed by atoms with Gasteiger partial charge in [0.15, 0.2) is 0 Å². The van der Waals surface area contributed by atoms with Crippen molar-refractivity contribution < 1.29 is 0 Å². The van der Waals surface area contributed by atoms with E-state index in [9.17, 15) is 4.79 Å². The van der Waals surface area contributed by atoms with Gasteiger partial charge in [-0.05, 0) is 31.2 Å². The molecule has 1 aromatic carbocycles. The number of hydrogen-bond acceptors (Lipinski definition) is 2. The summed E-state index contributed by atoms with van der Waals surface area (Å²) in [6.45, 7) is 3.80. The van der Waals surface area contributed by atoms with E-state index in [2.05, 4.69) is 40.9 Å². The number of para-hydroxylation sites is 1. The van der Waals surface area contributed by atoms with Crippen LogP contribution in [0.4, 0.5) is 0 Å². The van der Waals surface area contributed by atoms with Gasteiger partial charge in [0, 0.05) is 29.4 Å². The van der Waals surface area contributed by atoms with Gasteiger partial charge in [-0.25, -0.2) is 4.68 Å². The van der Waals surface area contributed by atoms with E-state index in [1.165, 1.54) is 37.6 Å². The zero-order valence-electron chi connectivity index (χ0n) is 15.1. The van der Waals surface area contributed by atoms with E-state index in [1.807, 2.05) is 6.20 Å². The van der Waals surface area contributed by atoms with Gasteiger partial charge in [-0.15, -0.1) is 0 Å². The van der Waals surface area contributed by atoms with Crippen molar-refractivity contribution in [3.05, 3.63) is 40.8 Å². The highest BCUT2D eigenvalue weighted by molar-refractivity contribution is 6.07. The molecule has 1 aliphatic carbocycles. The average molecular weight is 337 g/mol. The molecule has 0 atom stereocenters. The van der Waals surface area contributed by atoms with Crippen molar-refractivity contribution in [1.82, 2.24) is 14.3 Å². The Morgan fingerprint density at radius 1 is 1.12 bits per heavy atom. The molecule has 1 saturated carbocycles. The maximum Gasteiger partial charge on any atom is 0.291 e. The maximum absolute atomic E-state index is 13.1. The first-order valence-corrected chi connectivity index (χ1v) is 9.76. The predicted octanol–water partition coefficient (Wildman–Crippen LogP) is 4.73. The first-order chi connectivity index (χ1) is 12.3. The lowest BCUT2D eigenvalue weighted by molar-refractivity contribution is 0.325. The highest BCUT2D eigenvalue weighted by Crippen LogP contribution is 2.31. The summed E-state index contributed by atoms with van der Waals surface area (Å²) in [5.41, 5.74) is 2.09. The second-order valence-electron chi connectivity index (χ2n) is 7.42. The second kappa shape index (κ2) is 7.03. The number of rotatable bonds is 5. The average Bonchev–Trinajstić information content (AvgIpc) is 2.97. The largest absolute Gasteiger partial charge is 0.336 e. The summed E-state index contributed by atoms with van der Waals surface area (Å²) in [7, 11) is 0. The first kappa shape index (κ1) is 16.4. The van der Waals surface area contributed by atoms with E-state index in [4.69, 9.17) is 0 Å². The topological polar surface area (TPSA) is 39.8 Å². The molecule has 0 bridgehead atoms. The molecule has 0 radical (unpaired) electrons. The zero-order valence-corrected chi connectivity index (χ0v) is 15.1. The van der Waals surface area contributed by atoms with Crippen molar-refractivity contribution in [1.29, 1.82) is 0 Å². The first-order valence-electron chi connectivity index (χ1n) is 9.76. The summed E-state index contributed by atoms with van der Waals surface area (Å²) in [6.07, 6.45) is 10.5. The Morgan fingerprint density at radius 2 is 1.92 bits per heavy atom. The van der Waals surface area contributed by atoms with Crippen LogP contribution in [0.3, 0.4) is 0 Å². The van der Waals surface area contributed by atoms with Crippen LogP contribution in [-0.2, 0) is 13.1 Å². The van der Waals surface area contributed by atoms with Crippen molar-refractivity contribution in [3.63, 3.8) is 0 Å². The van der Waals surface area contributed by atoms with E-state index in [1.54, 1.807) is 4.68 Å². The second-order valence-corrected chi connectivity index (χ2v) is 7.42. The van der Waals surface area contributed by atoms with Crippen molar-refractivity contribution in [2.75, 3.05) is 0 Å². The lowest BCUT2D eigenvalue weighted by Gasteiger charge is -2.23. The van der Waals surface area contributed by atoms with Gasteiger partial charge in [0.25, 0.3) is 5.56 Å². The van der Waals surface area contributed by atoms with Gasteiger partial charge in [-0.2, -0.15) is 5.10 Å². The third-order valence-electron chi connectivity index (χ3n) is 5.66. The lowest BCUT2D eigenvalue weighted by atomic mass is 9.89. The minimum absolute atomic E-state index is 0.0676. The zero-order chi connectivity index (χ0) is 17.2. The van der Waals surface area contributed by atoms with Gasteiger partial charge in [-0.1, -0.05) is 50.8 Å². The normalized spacial score (nSPS) is 16.0. The Morgan fingerprint density at radius 3 is 2.72 bits per heavy atom. The molecule has 0 unspecified atom stereocenters. The van der Waals surface area contributed by atoms with Crippen LogP contribution in [-0.4, -0.2) is 14.3 Å². The fourth-order valence-electron chi connectivity index (χ4n) is 4.28. The van der Waals surface area contributed by atoms with Crippen LogP contribution in [0.5, 0.6) is 0 Å².